The lowest BCUT2D eigenvalue weighted by Gasteiger charge is -2.15. The Bertz CT molecular complexity index is 804. The molecule has 0 radical (unpaired) electrons. The first-order valence-corrected chi connectivity index (χ1v) is 8.30. The average molecular weight is 339 g/mol. The lowest BCUT2D eigenvalue weighted by molar-refractivity contribution is -0.139. The maximum Gasteiger partial charge on any atom is 0.326 e. The summed E-state index contributed by atoms with van der Waals surface area (Å²) in [6.45, 7) is 0.387. The minimum absolute atomic E-state index is 0.304. The van der Waals surface area contributed by atoms with Crippen LogP contribution >= 0.6 is 0 Å². The molecule has 6 nitrogen and oxygen atoms in total. The Hall–Kier alpha value is -2.86. The Morgan fingerprint density at radius 2 is 1.88 bits per heavy atom. The first kappa shape index (κ1) is 17.0. The molecule has 0 heterocycles. The van der Waals surface area contributed by atoms with E-state index in [-0.39, 0.29) is 0 Å². The lowest BCUT2D eigenvalue weighted by atomic mass is 10.1. The second kappa shape index (κ2) is 7.36. The average Bonchev–Trinajstić information content (AvgIpc) is 2.96. The third-order valence-electron chi connectivity index (χ3n) is 4.35. The number of carbonyl (C=O) groups is 2. The normalized spacial score (nSPS) is 12.8. The van der Waals surface area contributed by atoms with Gasteiger partial charge in [-0.1, -0.05) is 30.3 Å². The summed E-state index contributed by atoms with van der Waals surface area (Å²) < 4.78 is 0. The number of carbonyl (C=O) groups excluding carboxylic acids is 1. The smallest absolute Gasteiger partial charge is 0.326 e. The van der Waals surface area contributed by atoms with Crippen LogP contribution in [0.3, 0.4) is 0 Å². The van der Waals surface area contributed by atoms with Crippen LogP contribution in [0, 0.1) is 0 Å². The van der Waals surface area contributed by atoms with E-state index in [1.165, 1.54) is 16.7 Å². The number of nitrogens with one attached hydrogen (secondary N) is 2. The van der Waals surface area contributed by atoms with E-state index in [0.29, 0.717) is 25.1 Å². The third kappa shape index (κ3) is 3.80. The van der Waals surface area contributed by atoms with Gasteiger partial charge in [0.15, 0.2) is 0 Å². The second-order valence-corrected chi connectivity index (χ2v) is 6.13. The number of nitrogens with two attached hydrogens (primary N) is 1. The van der Waals surface area contributed by atoms with E-state index >= 15 is 0 Å². The van der Waals surface area contributed by atoms with Gasteiger partial charge in [-0.05, 0) is 60.2 Å². The van der Waals surface area contributed by atoms with E-state index in [4.69, 9.17) is 10.8 Å². The molecule has 0 aliphatic heterocycles. The Balaban J connectivity index is 1.67. The molecule has 0 bridgehead atoms. The van der Waals surface area contributed by atoms with Gasteiger partial charge in [-0.3, -0.25) is 0 Å². The maximum atomic E-state index is 12.1. The fourth-order valence-electron chi connectivity index (χ4n) is 3.13. The Morgan fingerprint density at radius 3 is 2.64 bits per heavy atom. The van der Waals surface area contributed by atoms with Crippen molar-refractivity contribution >= 4 is 17.7 Å². The zero-order valence-electron chi connectivity index (χ0n) is 13.8. The number of carboxylic acid groups (broad SMARTS) is 1. The van der Waals surface area contributed by atoms with Gasteiger partial charge in [0.25, 0.3) is 0 Å². The highest BCUT2D eigenvalue weighted by Crippen LogP contribution is 2.37. The third-order valence-corrected chi connectivity index (χ3v) is 4.35. The number of amides is 2. The van der Waals surface area contributed by atoms with Crippen molar-refractivity contribution in [1.29, 1.82) is 0 Å². The van der Waals surface area contributed by atoms with E-state index in [2.05, 4.69) is 22.8 Å². The molecule has 1 atom stereocenters. The second-order valence-electron chi connectivity index (χ2n) is 6.13. The molecular formula is C19H21N3O3. The van der Waals surface area contributed by atoms with Crippen LogP contribution < -0.4 is 16.4 Å². The molecule has 0 aromatic heterocycles. The summed E-state index contributed by atoms with van der Waals surface area (Å²) in [4.78, 5) is 23.3. The van der Waals surface area contributed by atoms with Crippen LogP contribution in [0.4, 0.5) is 10.5 Å². The van der Waals surface area contributed by atoms with Crippen molar-refractivity contribution in [2.45, 2.75) is 25.3 Å². The Kier molecular flexibility index (Phi) is 5.00. The molecule has 1 aliphatic rings. The number of rotatable bonds is 6. The molecule has 2 amide bonds. The number of carboxylic acids is 1. The summed E-state index contributed by atoms with van der Waals surface area (Å²) in [5.41, 5.74) is 10.9. The summed E-state index contributed by atoms with van der Waals surface area (Å²) in [7, 11) is 0. The van der Waals surface area contributed by atoms with E-state index in [9.17, 15) is 9.59 Å². The van der Waals surface area contributed by atoms with Crippen LogP contribution in [0.15, 0.2) is 42.5 Å². The van der Waals surface area contributed by atoms with Crippen LogP contribution in [0.25, 0.3) is 11.1 Å². The molecule has 0 fully saturated rings. The van der Waals surface area contributed by atoms with Gasteiger partial charge < -0.3 is 21.5 Å². The summed E-state index contributed by atoms with van der Waals surface area (Å²) in [5, 5.41) is 14.4. The highest BCUT2D eigenvalue weighted by Gasteiger charge is 2.21. The SMILES string of the molecule is NCCC[C@H](NC(=O)Nc1ccc2c(c1)Cc1ccccc1-2)C(=O)O. The predicted molar refractivity (Wildman–Crippen MR) is 96.6 cm³/mol. The van der Waals surface area contributed by atoms with Crippen molar-refractivity contribution in [3.8, 4) is 11.1 Å². The Labute approximate surface area is 146 Å². The zero-order chi connectivity index (χ0) is 17.8. The van der Waals surface area contributed by atoms with Gasteiger partial charge in [0.1, 0.15) is 6.04 Å². The van der Waals surface area contributed by atoms with E-state index < -0.39 is 18.0 Å². The number of urea groups is 1. The van der Waals surface area contributed by atoms with Crippen molar-refractivity contribution in [2.75, 3.05) is 11.9 Å². The van der Waals surface area contributed by atoms with Crippen LogP contribution in [0.5, 0.6) is 0 Å². The molecule has 0 saturated carbocycles. The molecule has 0 spiro atoms. The minimum Gasteiger partial charge on any atom is -0.480 e. The monoisotopic (exact) mass is 339 g/mol. The van der Waals surface area contributed by atoms with Crippen molar-refractivity contribution < 1.29 is 14.7 Å². The van der Waals surface area contributed by atoms with Gasteiger partial charge in [-0.25, -0.2) is 9.59 Å². The number of hydrogen-bond donors (Lipinski definition) is 4. The highest BCUT2D eigenvalue weighted by atomic mass is 16.4. The minimum atomic E-state index is -1.06. The lowest BCUT2D eigenvalue weighted by Crippen LogP contribution is -2.43. The predicted octanol–water partition coefficient (Wildman–Crippen LogP) is 2.57. The van der Waals surface area contributed by atoms with Crippen molar-refractivity contribution in [2.24, 2.45) is 5.73 Å². The van der Waals surface area contributed by atoms with Gasteiger partial charge in [0, 0.05) is 5.69 Å². The summed E-state index contributed by atoms with van der Waals surface area (Å²) >= 11 is 0. The summed E-state index contributed by atoms with van der Waals surface area (Å²) in [6, 6.07) is 12.5. The fraction of sp³-hybridized carbons (Fsp3) is 0.263. The number of benzene rings is 2. The number of fused-ring (bicyclic) bond motifs is 3. The quantitative estimate of drug-likeness (QED) is 0.554. The zero-order valence-corrected chi connectivity index (χ0v) is 13.8. The molecule has 25 heavy (non-hydrogen) atoms. The maximum absolute atomic E-state index is 12.1. The van der Waals surface area contributed by atoms with Crippen molar-refractivity contribution in [3.63, 3.8) is 0 Å². The van der Waals surface area contributed by atoms with E-state index in [1.54, 1.807) is 0 Å². The summed E-state index contributed by atoms with van der Waals surface area (Å²) in [5.74, 6) is -1.06. The largest absolute Gasteiger partial charge is 0.480 e. The van der Waals surface area contributed by atoms with Crippen molar-refractivity contribution in [1.82, 2.24) is 5.32 Å². The Morgan fingerprint density at radius 1 is 1.12 bits per heavy atom. The van der Waals surface area contributed by atoms with Gasteiger partial charge >= 0.3 is 12.0 Å². The fourth-order valence-corrected chi connectivity index (χ4v) is 3.13. The van der Waals surface area contributed by atoms with Gasteiger partial charge in [-0.15, -0.1) is 0 Å². The van der Waals surface area contributed by atoms with Gasteiger partial charge in [0.05, 0.1) is 0 Å². The number of aliphatic carboxylic acids is 1. The first-order chi connectivity index (χ1) is 12.1. The summed E-state index contributed by atoms with van der Waals surface area (Å²) in [6.07, 6.45) is 1.67. The molecule has 3 rings (SSSR count). The molecule has 5 N–H and O–H groups in total. The van der Waals surface area contributed by atoms with Crippen molar-refractivity contribution in [3.05, 3.63) is 53.6 Å². The molecule has 130 valence electrons. The van der Waals surface area contributed by atoms with E-state index in [0.717, 1.165) is 12.0 Å². The topological polar surface area (TPSA) is 104 Å². The number of anilines is 1. The van der Waals surface area contributed by atoms with Crippen LogP contribution in [0.1, 0.15) is 24.0 Å². The van der Waals surface area contributed by atoms with Crippen LogP contribution in [-0.4, -0.2) is 29.7 Å². The van der Waals surface area contributed by atoms with Crippen LogP contribution in [-0.2, 0) is 11.2 Å². The van der Waals surface area contributed by atoms with Gasteiger partial charge in [0.2, 0.25) is 0 Å². The first-order valence-electron chi connectivity index (χ1n) is 8.30. The molecule has 0 unspecified atom stereocenters. The molecule has 0 saturated heterocycles. The molecule has 1 aliphatic carbocycles. The molecule has 2 aromatic rings. The van der Waals surface area contributed by atoms with E-state index in [1.807, 2.05) is 30.3 Å². The number of hydrogen-bond acceptors (Lipinski definition) is 3. The molecule has 2 aromatic carbocycles. The highest BCUT2D eigenvalue weighted by molar-refractivity contribution is 5.93. The molecule has 6 heteroatoms. The standard InChI is InChI=1S/C19H21N3O3/c20-9-3-6-17(18(23)24)22-19(25)21-14-7-8-16-13(11-14)10-12-4-1-2-5-15(12)16/h1-2,4-5,7-8,11,17H,3,6,9-10,20H2,(H,23,24)(H2,21,22,25)/t17-/m0/s1. The molecular weight excluding hydrogens is 318 g/mol. The van der Waals surface area contributed by atoms with Gasteiger partial charge in [-0.2, -0.15) is 0 Å². The van der Waals surface area contributed by atoms with Crippen LogP contribution in [0.2, 0.25) is 0 Å².